The molecule has 5 aliphatic rings. The maximum Gasteiger partial charge on any atom is 0.331 e. The van der Waals surface area contributed by atoms with Gasteiger partial charge in [-0.15, -0.1) is 0 Å². The third kappa shape index (κ3) is 3.02. The smallest absolute Gasteiger partial charge is 0.331 e. The second-order valence-electron chi connectivity index (χ2n) is 11.6. The highest BCUT2D eigenvalue weighted by Crippen LogP contribution is 2.69. The lowest BCUT2D eigenvalue weighted by atomic mass is 9.46. The number of carbonyl (C=O) groups is 2. The van der Waals surface area contributed by atoms with E-state index < -0.39 is 5.60 Å². The molecule has 6 rings (SSSR count). The van der Waals surface area contributed by atoms with E-state index in [1.165, 1.54) is 16.8 Å². The molecule has 1 spiro atoms. The minimum Gasteiger partial charge on any atom is -0.451 e. The summed E-state index contributed by atoms with van der Waals surface area (Å²) in [4.78, 5) is 26.6. The first-order valence-corrected chi connectivity index (χ1v) is 12.7. The Kier molecular flexibility index (Phi) is 4.70. The topological polar surface area (TPSA) is 46.6 Å². The van der Waals surface area contributed by atoms with Crippen LogP contribution in [0.3, 0.4) is 0 Å². The van der Waals surface area contributed by atoms with Crippen LogP contribution in [0.1, 0.15) is 63.4 Å². The molecule has 1 aliphatic heterocycles. The van der Waals surface area contributed by atoms with Gasteiger partial charge in [0.15, 0.2) is 5.78 Å². The third-order valence-corrected chi connectivity index (χ3v) is 10.1. The lowest BCUT2D eigenvalue weighted by Crippen LogP contribution is -2.54. The van der Waals surface area contributed by atoms with E-state index in [9.17, 15) is 9.59 Å². The van der Waals surface area contributed by atoms with Crippen LogP contribution in [0, 0.1) is 29.1 Å². The van der Waals surface area contributed by atoms with E-state index in [1.54, 1.807) is 6.08 Å². The van der Waals surface area contributed by atoms with Crippen molar-refractivity contribution in [2.45, 2.75) is 63.4 Å². The lowest BCUT2D eigenvalue weighted by Gasteiger charge is -2.58. The number of ether oxygens (including phenoxy) is 1. The lowest BCUT2D eigenvalue weighted by molar-refractivity contribution is -0.162. The van der Waals surface area contributed by atoms with Gasteiger partial charge in [0.1, 0.15) is 5.60 Å². The molecular weight excluding hydrogens is 410 g/mol. The molecule has 4 nitrogen and oxygen atoms in total. The van der Waals surface area contributed by atoms with Crippen molar-refractivity contribution in [3.63, 3.8) is 0 Å². The zero-order valence-electron chi connectivity index (χ0n) is 20.0. The fourth-order valence-corrected chi connectivity index (χ4v) is 8.58. The van der Waals surface area contributed by atoms with Gasteiger partial charge < -0.3 is 9.64 Å². The first-order valence-electron chi connectivity index (χ1n) is 12.7. The normalized spacial score (nSPS) is 41.3. The molecule has 174 valence electrons. The summed E-state index contributed by atoms with van der Waals surface area (Å²) >= 11 is 0. The predicted octanol–water partition coefficient (Wildman–Crippen LogP) is 5.44. The summed E-state index contributed by atoms with van der Waals surface area (Å²) in [5.41, 5.74) is 3.54. The number of fused-ring (bicyclic) bond motifs is 6. The van der Waals surface area contributed by atoms with Crippen LogP contribution in [0.2, 0.25) is 0 Å². The predicted molar refractivity (Wildman–Crippen MR) is 129 cm³/mol. The number of anilines is 1. The van der Waals surface area contributed by atoms with Crippen molar-refractivity contribution in [1.82, 2.24) is 0 Å². The highest BCUT2D eigenvalue weighted by molar-refractivity contribution is 5.91. The molecular formula is C29H35NO3. The molecule has 1 aromatic rings. The largest absolute Gasteiger partial charge is 0.451 e. The molecule has 1 aromatic carbocycles. The van der Waals surface area contributed by atoms with Crippen LogP contribution in [0.15, 0.2) is 48.1 Å². The first-order chi connectivity index (χ1) is 15.8. The molecule has 0 bridgehead atoms. The van der Waals surface area contributed by atoms with Gasteiger partial charge in [-0.1, -0.05) is 24.6 Å². The Bertz CT molecular complexity index is 1050. The monoisotopic (exact) mass is 445 g/mol. The van der Waals surface area contributed by atoms with Crippen molar-refractivity contribution >= 4 is 17.4 Å². The summed E-state index contributed by atoms with van der Waals surface area (Å²) in [7, 11) is 4.16. The number of carbonyl (C=O) groups excluding carboxylic acids is 2. The van der Waals surface area contributed by atoms with E-state index in [-0.39, 0.29) is 11.4 Å². The van der Waals surface area contributed by atoms with Crippen LogP contribution in [0.4, 0.5) is 5.69 Å². The number of allylic oxidation sites excluding steroid dienone is 1. The van der Waals surface area contributed by atoms with Crippen LogP contribution in [0.5, 0.6) is 0 Å². The quantitative estimate of drug-likeness (QED) is 0.569. The highest BCUT2D eigenvalue weighted by atomic mass is 16.6. The van der Waals surface area contributed by atoms with Crippen LogP contribution in [-0.2, 0) is 14.3 Å². The number of nitrogens with zero attached hydrogens (tertiary/aromatic N) is 1. The van der Waals surface area contributed by atoms with Crippen molar-refractivity contribution in [1.29, 1.82) is 0 Å². The maximum absolute atomic E-state index is 12.2. The maximum atomic E-state index is 12.2. The molecule has 0 N–H and O–H groups in total. The van der Waals surface area contributed by atoms with Gasteiger partial charge in [-0.05, 0) is 98.0 Å². The Balaban J connectivity index is 1.45. The van der Waals surface area contributed by atoms with Crippen molar-refractivity contribution in [3.05, 3.63) is 53.6 Å². The van der Waals surface area contributed by atoms with Gasteiger partial charge in [-0.25, -0.2) is 4.79 Å². The fourth-order valence-electron chi connectivity index (χ4n) is 8.58. The molecule has 4 aliphatic carbocycles. The minimum absolute atomic E-state index is 0.0482. The summed E-state index contributed by atoms with van der Waals surface area (Å²) in [6.07, 6.45) is 12.8. The molecule has 3 saturated carbocycles. The van der Waals surface area contributed by atoms with Crippen molar-refractivity contribution in [2.24, 2.45) is 29.1 Å². The zero-order valence-corrected chi connectivity index (χ0v) is 20.0. The number of esters is 1. The number of hydrogen-bond donors (Lipinski definition) is 0. The second-order valence-corrected chi connectivity index (χ2v) is 11.6. The summed E-state index contributed by atoms with van der Waals surface area (Å²) in [6.45, 7) is 2.40. The Morgan fingerprint density at radius 2 is 1.79 bits per heavy atom. The van der Waals surface area contributed by atoms with Gasteiger partial charge in [-0.2, -0.15) is 0 Å². The molecule has 3 fully saturated rings. The van der Waals surface area contributed by atoms with Crippen LogP contribution < -0.4 is 4.90 Å². The van der Waals surface area contributed by atoms with E-state index in [0.29, 0.717) is 41.8 Å². The standard InChI is InChI=1S/C29H35NO3/c1-28-17-24(18-4-7-20(8-5-18)30(2)3)27-22-11-9-21(31)16-19(22)6-10-23(27)25(28)12-14-29(28)15-13-26(32)33-29/h4-5,7-8,13,15-16,22-25,27H,6,9-12,14,17H2,1-3H3/t22-,23-,24+,25-,27+,28-,29+/m0/s1. The van der Waals surface area contributed by atoms with E-state index in [0.717, 1.165) is 38.5 Å². The summed E-state index contributed by atoms with van der Waals surface area (Å²) in [5.74, 6) is 2.82. The molecule has 7 atom stereocenters. The summed E-state index contributed by atoms with van der Waals surface area (Å²) < 4.78 is 6.10. The van der Waals surface area contributed by atoms with Gasteiger partial charge in [0.05, 0.1) is 0 Å². The van der Waals surface area contributed by atoms with Crippen molar-refractivity contribution < 1.29 is 14.3 Å². The number of ketones is 1. The third-order valence-electron chi connectivity index (χ3n) is 10.1. The first kappa shape index (κ1) is 21.2. The van der Waals surface area contributed by atoms with Gasteiger partial charge in [0.25, 0.3) is 0 Å². The molecule has 1 heterocycles. The van der Waals surface area contributed by atoms with Crippen LogP contribution in [0.25, 0.3) is 0 Å². The average molecular weight is 446 g/mol. The van der Waals surface area contributed by atoms with Crippen molar-refractivity contribution in [2.75, 3.05) is 19.0 Å². The van der Waals surface area contributed by atoms with Gasteiger partial charge in [-0.3, -0.25) is 4.79 Å². The summed E-state index contributed by atoms with van der Waals surface area (Å²) in [6, 6.07) is 9.13. The summed E-state index contributed by atoms with van der Waals surface area (Å²) in [5, 5.41) is 0. The van der Waals surface area contributed by atoms with Gasteiger partial charge in [0, 0.05) is 37.7 Å². The molecule has 0 radical (unpaired) electrons. The van der Waals surface area contributed by atoms with E-state index in [4.69, 9.17) is 4.74 Å². The molecule has 0 amide bonds. The average Bonchev–Trinajstić information content (AvgIpc) is 3.32. The Morgan fingerprint density at radius 1 is 1.00 bits per heavy atom. The Hall–Kier alpha value is -2.36. The molecule has 0 aromatic heterocycles. The Labute approximate surface area is 197 Å². The van der Waals surface area contributed by atoms with Crippen LogP contribution in [-0.4, -0.2) is 31.4 Å². The number of benzene rings is 1. The van der Waals surface area contributed by atoms with Gasteiger partial charge >= 0.3 is 5.97 Å². The van der Waals surface area contributed by atoms with E-state index in [2.05, 4.69) is 56.3 Å². The van der Waals surface area contributed by atoms with E-state index in [1.807, 2.05) is 6.08 Å². The molecule has 4 heteroatoms. The highest BCUT2D eigenvalue weighted by Gasteiger charge is 2.66. The fraction of sp³-hybridized carbons (Fsp3) is 0.586. The van der Waals surface area contributed by atoms with Crippen LogP contribution >= 0.6 is 0 Å². The SMILES string of the molecule is CN(C)c1ccc([C@H]2C[C@@]3(C)[C@@H](CC[C@@]34C=CC(=O)O4)[C@@H]3CCC4=CC(=O)CC[C@@H]4[C@H]32)cc1. The zero-order chi connectivity index (χ0) is 23.0. The number of hydrogen-bond acceptors (Lipinski definition) is 4. The Morgan fingerprint density at radius 3 is 2.48 bits per heavy atom. The second kappa shape index (κ2) is 7.32. The molecule has 0 unspecified atom stereocenters. The number of rotatable bonds is 2. The van der Waals surface area contributed by atoms with Crippen molar-refractivity contribution in [3.8, 4) is 0 Å². The van der Waals surface area contributed by atoms with Gasteiger partial charge in [0.2, 0.25) is 0 Å². The van der Waals surface area contributed by atoms with E-state index >= 15 is 0 Å². The minimum atomic E-state index is -0.444. The molecule has 0 saturated heterocycles. The molecule has 33 heavy (non-hydrogen) atoms.